The number of piperidine rings is 1. The second-order valence-electron chi connectivity index (χ2n) is 7.13. The summed E-state index contributed by atoms with van der Waals surface area (Å²) in [6.07, 6.45) is 0.467. The third-order valence-corrected chi connectivity index (χ3v) is 6.86. The Labute approximate surface area is 158 Å². The summed E-state index contributed by atoms with van der Waals surface area (Å²) in [6.45, 7) is 4.13. The molecule has 0 aliphatic carbocycles. The molecule has 2 atom stereocenters. The van der Waals surface area contributed by atoms with Crippen LogP contribution in [0.4, 0.5) is 0 Å². The standard InChI is InChI=1S/C18H24N2O6S/c1-13-10-15(18(22)23)12-20(11-13)27(24,25)16-4-2-14(3-5-16)17(21)19-6-8-26-9-7-19/h2-5,13,15H,6-12H2,1H3,(H,22,23). The van der Waals surface area contributed by atoms with Gasteiger partial charge in [0.2, 0.25) is 10.0 Å². The summed E-state index contributed by atoms with van der Waals surface area (Å²) >= 11 is 0. The zero-order valence-electron chi connectivity index (χ0n) is 15.2. The number of morpholine rings is 1. The van der Waals surface area contributed by atoms with Crippen LogP contribution in [0.15, 0.2) is 29.2 Å². The summed E-state index contributed by atoms with van der Waals surface area (Å²) in [5, 5.41) is 9.26. The van der Waals surface area contributed by atoms with E-state index < -0.39 is 21.9 Å². The maximum atomic E-state index is 12.9. The van der Waals surface area contributed by atoms with Crippen molar-refractivity contribution in [2.45, 2.75) is 18.2 Å². The predicted octanol–water partition coefficient (Wildman–Crippen LogP) is 0.890. The summed E-state index contributed by atoms with van der Waals surface area (Å²) in [7, 11) is -3.80. The Bertz CT molecular complexity index is 802. The zero-order valence-corrected chi connectivity index (χ0v) is 16.0. The van der Waals surface area contributed by atoms with Crippen molar-refractivity contribution in [3.63, 3.8) is 0 Å². The number of amides is 1. The minimum atomic E-state index is -3.80. The molecular weight excluding hydrogens is 372 g/mol. The van der Waals surface area contributed by atoms with E-state index >= 15 is 0 Å². The number of carbonyl (C=O) groups is 2. The highest BCUT2D eigenvalue weighted by molar-refractivity contribution is 7.89. The van der Waals surface area contributed by atoms with E-state index in [1.807, 2.05) is 6.92 Å². The van der Waals surface area contributed by atoms with Gasteiger partial charge >= 0.3 is 5.97 Å². The lowest BCUT2D eigenvalue weighted by molar-refractivity contribution is -0.143. The number of nitrogens with zero attached hydrogens (tertiary/aromatic N) is 2. The SMILES string of the molecule is CC1CC(C(=O)O)CN(S(=O)(=O)c2ccc(C(=O)N3CCOCC3)cc2)C1. The van der Waals surface area contributed by atoms with Crippen LogP contribution in [-0.4, -0.2) is 74.0 Å². The molecule has 0 spiro atoms. The summed E-state index contributed by atoms with van der Waals surface area (Å²) in [5.74, 6) is -1.87. The van der Waals surface area contributed by atoms with Crippen molar-refractivity contribution >= 4 is 21.9 Å². The molecule has 27 heavy (non-hydrogen) atoms. The Balaban J connectivity index is 1.77. The molecule has 2 aliphatic heterocycles. The van der Waals surface area contributed by atoms with Crippen LogP contribution >= 0.6 is 0 Å². The van der Waals surface area contributed by atoms with Crippen molar-refractivity contribution in [1.29, 1.82) is 0 Å². The Morgan fingerprint density at radius 1 is 1.11 bits per heavy atom. The van der Waals surface area contributed by atoms with Crippen LogP contribution in [0.5, 0.6) is 0 Å². The lowest BCUT2D eigenvalue weighted by atomic mass is 9.92. The number of hydrogen-bond donors (Lipinski definition) is 1. The monoisotopic (exact) mass is 396 g/mol. The number of carboxylic acids is 1. The molecule has 0 saturated carbocycles. The van der Waals surface area contributed by atoms with E-state index in [0.717, 1.165) is 0 Å². The van der Waals surface area contributed by atoms with E-state index in [4.69, 9.17) is 4.74 Å². The molecule has 2 heterocycles. The van der Waals surface area contributed by atoms with Gasteiger partial charge in [-0.1, -0.05) is 6.92 Å². The van der Waals surface area contributed by atoms with Crippen molar-refractivity contribution in [2.24, 2.45) is 11.8 Å². The van der Waals surface area contributed by atoms with E-state index in [2.05, 4.69) is 0 Å². The summed E-state index contributed by atoms with van der Waals surface area (Å²) in [5.41, 5.74) is 0.422. The van der Waals surface area contributed by atoms with E-state index in [-0.39, 0.29) is 23.3 Å². The summed E-state index contributed by atoms with van der Waals surface area (Å²) < 4.78 is 32.3. The Morgan fingerprint density at radius 3 is 2.33 bits per heavy atom. The van der Waals surface area contributed by atoms with Crippen molar-refractivity contribution in [3.8, 4) is 0 Å². The van der Waals surface area contributed by atoms with Crippen molar-refractivity contribution in [3.05, 3.63) is 29.8 Å². The van der Waals surface area contributed by atoms with Crippen LogP contribution in [-0.2, 0) is 19.6 Å². The fraction of sp³-hybridized carbons (Fsp3) is 0.556. The van der Waals surface area contributed by atoms with Crippen LogP contribution in [0.1, 0.15) is 23.7 Å². The van der Waals surface area contributed by atoms with Crippen LogP contribution in [0.2, 0.25) is 0 Å². The molecule has 2 fully saturated rings. The largest absolute Gasteiger partial charge is 0.481 e. The highest BCUT2D eigenvalue weighted by Gasteiger charge is 2.36. The normalized spacial score (nSPS) is 24.6. The fourth-order valence-electron chi connectivity index (χ4n) is 3.55. The molecule has 2 saturated heterocycles. The molecule has 3 rings (SSSR count). The first-order chi connectivity index (χ1) is 12.8. The molecule has 9 heteroatoms. The maximum Gasteiger partial charge on any atom is 0.307 e. The molecule has 1 N–H and O–H groups in total. The number of sulfonamides is 1. The molecule has 1 aromatic rings. The van der Waals surface area contributed by atoms with Gasteiger partial charge in [0.15, 0.2) is 0 Å². The third kappa shape index (κ3) is 4.31. The molecule has 2 unspecified atom stereocenters. The number of benzene rings is 1. The molecule has 0 radical (unpaired) electrons. The van der Waals surface area contributed by atoms with Gasteiger partial charge in [0, 0.05) is 31.7 Å². The van der Waals surface area contributed by atoms with Crippen LogP contribution in [0.3, 0.4) is 0 Å². The van der Waals surface area contributed by atoms with Gasteiger partial charge in [0.05, 0.1) is 24.0 Å². The first-order valence-corrected chi connectivity index (χ1v) is 10.4. The number of ether oxygens (including phenoxy) is 1. The van der Waals surface area contributed by atoms with Crippen molar-refractivity contribution < 1.29 is 27.9 Å². The quantitative estimate of drug-likeness (QED) is 0.811. The lowest BCUT2D eigenvalue weighted by Crippen LogP contribution is -2.45. The Kier molecular flexibility index (Phi) is 5.83. The molecule has 148 valence electrons. The highest BCUT2D eigenvalue weighted by Crippen LogP contribution is 2.27. The molecule has 1 amide bonds. The minimum absolute atomic E-state index is 0.0307. The van der Waals surface area contributed by atoms with Gasteiger partial charge in [0.1, 0.15) is 0 Å². The smallest absolute Gasteiger partial charge is 0.307 e. The van der Waals surface area contributed by atoms with Crippen molar-refractivity contribution in [2.75, 3.05) is 39.4 Å². The van der Waals surface area contributed by atoms with Gasteiger partial charge in [-0.05, 0) is 36.6 Å². The van der Waals surface area contributed by atoms with Crippen LogP contribution in [0.25, 0.3) is 0 Å². The minimum Gasteiger partial charge on any atom is -0.481 e. The number of hydrogen-bond acceptors (Lipinski definition) is 5. The molecule has 0 aromatic heterocycles. The number of carbonyl (C=O) groups excluding carboxylic acids is 1. The molecule has 1 aromatic carbocycles. The van der Waals surface area contributed by atoms with Gasteiger partial charge in [-0.15, -0.1) is 0 Å². The number of rotatable bonds is 4. The maximum absolute atomic E-state index is 12.9. The topological polar surface area (TPSA) is 104 Å². The number of aliphatic carboxylic acids is 1. The van der Waals surface area contributed by atoms with Crippen molar-refractivity contribution in [1.82, 2.24) is 9.21 Å². The van der Waals surface area contributed by atoms with Gasteiger partial charge in [-0.3, -0.25) is 9.59 Å². The predicted molar refractivity (Wildman–Crippen MR) is 96.8 cm³/mol. The first kappa shape index (κ1) is 19.8. The first-order valence-electron chi connectivity index (χ1n) is 8.99. The van der Waals surface area contributed by atoms with Crippen LogP contribution < -0.4 is 0 Å². The average molecular weight is 396 g/mol. The highest BCUT2D eigenvalue weighted by atomic mass is 32.2. The fourth-order valence-corrected chi connectivity index (χ4v) is 5.15. The lowest BCUT2D eigenvalue weighted by Gasteiger charge is -2.33. The third-order valence-electron chi connectivity index (χ3n) is 5.01. The second-order valence-corrected chi connectivity index (χ2v) is 9.06. The average Bonchev–Trinajstić information content (AvgIpc) is 2.67. The van der Waals surface area contributed by atoms with Gasteiger partial charge in [-0.25, -0.2) is 8.42 Å². The molecule has 8 nitrogen and oxygen atoms in total. The van der Waals surface area contributed by atoms with E-state index in [9.17, 15) is 23.1 Å². The zero-order chi connectivity index (χ0) is 19.6. The molecule has 0 bridgehead atoms. The Morgan fingerprint density at radius 2 is 1.74 bits per heavy atom. The van der Waals surface area contributed by atoms with E-state index in [0.29, 0.717) is 44.8 Å². The van der Waals surface area contributed by atoms with Gasteiger partial charge < -0.3 is 14.7 Å². The number of carboxylic acid groups (broad SMARTS) is 1. The summed E-state index contributed by atoms with van der Waals surface area (Å²) in [4.78, 5) is 25.5. The van der Waals surface area contributed by atoms with Gasteiger partial charge in [-0.2, -0.15) is 4.31 Å². The second kappa shape index (κ2) is 7.95. The molecule has 2 aliphatic rings. The van der Waals surface area contributed by atoms with E-state index in [1.165, 1.54) is 28.6 Å². The summed E-state index contributed by atoms with van der Waals surface area (Å²) in [6, 6.07) is 5.84. The van der Waals surface area contributed by atoms with E-state index in [1.54, 1.807) is 4.90 Å². The van der Waals surface area contributed by atoms with Crippen LogP contribution in [0, 0.1) is 11.8 Å². The van der Waals surface area contributed by atoms with Gasteiger partial charge in [0.25, 0.3) is 5.91 Å². The molecular formula is C18H24N2O6S. The Hall–Kier alpha value is -1.97.